The Hall–Kier alpha value is -5.25. The van der Waals surface area contributed by atoms with Gasteiger partial charge in [0.2, 0.25) is 11.8 Å². The van der Waals surface area contributed by atoms with Gasteiger partial charge in [-0.25, -0.2) is 0 Å². The minimum Gasteiger partial charge on any atom is -0.508 e. The van der Waals surface area contributed by atoms with Crippen molar-refractivity contribution in [3.05, 3.63) is 130 Å². The lowest BCUT2D eigenvalue weighted by Gasteiger charge is -2.36. The van der Waals surface area contributed by atoms with E-state index in [0.29, 0.717) is 30.0 Å². The van der Waals surface area contributed by atoms with Gasteiger partial charge in [0.25, 0.3) is 11.8 Å². The zero-order valence-electron chi connectivity index (χ0n) is 27.5. The Bertz CT molecular complexity index is 1970. The Labute approximate surface area is 295 Å². The first-order chi connectivity index (χ1) is 24.3. The van der Waals surface area contributed by atoms with Gasteiger partial charge < -0.3 is 10.0 Å². The minimum absolute atomic E-state index is 0.0901. The molecule has 0 saturated carbocycles. The Kier molecular flexibility index (Phi) is 9.52. The van der Waals surface area contributed by atoms with Crippen molar-refractivity contribution in [2.24, 2.45) is 0 Å². The molecule has 0 aliphatic carbocycles. The standard InChI is InChI=1S/C40H37ClN4O5/c41-19-18-32(27-4-2-1-3-5-27)37(29-9-13-31(46)14-10-29)28-7-11-30(12-8-28)44-22-20-43(21-23-44)25-26-6-15-33-34(24-26)40(50)45(39(33)49)35-16-17-36(47)42-38(35)48/h1-15,24,35,46H,16-23,25H2,(H,42,47,48). The van der Waals surface area contributed by atoms with Gasteiger partial charge in [-0.3, -0.25) is 34.3 Å². The molecular formula is C40H37ClN4O5. The molecule has 0 radical (unpaired) electrons. The molecular weight excluding hydrogens is 652 g/mol. The summed E-state index contributed by atoms with van der Waals surface area (Å²) in [5.41, 5.74) is 8.08. The molecule has 50 heavy (non-hydrogen) atoms. The van der Waals surface area contributed by atoms with E-state index in [1.165, 1.54) is 0 Å². The molecule has 1 atom stereocenters. The number of halogens is 1. The van der Waals surface area contributed by atoms with Gasteiger partial charge >= 0.3 is 0 Å². The maximum Gasteiger partial charge on any atom is 0.262 e. The summed E-state index contributed by atoms with van der Waals surface area (Å²) in [7, 11) is 0. The predicted molar refractivity (Wildman–Crippen MR) is 193 cm³/mol. The van der Waals surface area contributed by atoms with Crippen molar-refractivity contribution in [2.75, 3.05) is 37.0 Å². The Morgan fingerprint density at radius 3 is 2.08 bits per heavy atom. The third kappa shape index (κ3) is 6.66. The Balaban J connectivity index is 1.04. The molecule has 4 amide bonds. The van der Waals surface area contributed by atoms with Crippen LogP contribution in [0.5, 0.6) is 5.75 Å². The lowest BCUT2D eigenvalue weighted by atomic mass is 9.88. The van der Waals surface area contributed by atoms with E-state index in [0.717, 1.165) is 70.2 Å². The third-order valence-electron chi connectivity index (χ3n) is 9.73. The maximum absolute atomic E-state index is 13.3. The van der Waals surface area contributed by atoms with Crippen molar-refractivity contribution in [2.45, 2.75) is 31.8 Å². The van der Waals surface area contributed by atoms with E-state index in [1.54, 1.807) is 24.3 Å². The number of amides is 4. The highest BCUT2D eigenvalue weighted by atomic mass is 35.5. The summed E-state index contributed by atoms with van der Waals surface area (Å²) in [4.78, 5) is 56.1. The van der Waals surface area contributed by atoms with Gasteiger partial charge in [-0.2, -0.15) is 0 Å². The number of aromatic hydroxyl groups is 1. The smallest absolute Gasteiger partial charge is 0.262 e. The number of rotatable bonds is 9. The number of phenols is 1. The molecule has 2 N–H and O–H groups in total. The van der Waals surface area contributed by atoms with E-state index < -0.39 is 29.7 Å². The van der Waals surface area contributed by atoms with Crippen LogP contribution in [0.4, 0.5) is 5.69 Å². The van der Waals surface area contributed by atoms with Gasteiger partial charge in [-0.1, -0.05) is 60.7 Å². The number of hydrogen-bond donors (Lipinski definition) is 2. The van der Waals surface area contributed by atoms with Gasteiger partial charge in [-0.15, -0.1) is 11.6 Å². The quantitative estimate of drug-likeness (QED) is 0.132. The molecule has 3 aliphatic rings. The number of benzene rings is 4. The fourth-order valence-electron chi connectivity index (χ4n) is 7.17. The number of phenolic OH excluding ortho intramolecular Hbond substituents is 1. The van der Waals surface area contributed by atoms with Crippen molar-refractivity contribution in [1.82, 2.24) is 15.1 Å². The lowest BCUT2D eigenvalue weighted by molar-refractivity contribution is -0.136. The highest BCUT2D eigenvalue weighted by Gasteiger charge is 2.44. The zero-order valence-corrected chi connectivity index (χ0v) is 28.2. The summed E-state index contributed by atoms with van der Waals surface area (Å²) < 4.78 is 0. The van der Waals surface area contributed by atoms with Crippen LogP contribution in [0, 0.1) is 0 Å². The summed E-state index contributed by atoms with van der Waals surface area (Å²) in [6.45, 7) is 3.92. The van der Waals surface area contributed by atoms with Gasteiger partial charge in [0.15, 0.2) is 0 Å². The number of carbonyl (C=O) groups excluding carboxylic acids is 4. The molecule has 1 unspecified atom stereocenters. The molecule has 7 rings (SSSR count). The number of carbonyl (C=O) groups is 4. The van der Waals surface area contributed by atoms with E-state index >= 15 is 0 Å². The maximum atomic E-state index is 13.3. The average molecular weight is 689 g/mol. The molecule has 9 nitrogen and oxygen atoms in total. The average Bonchev–Trinajstić information content (AvgIpc) is 3.38. The fourth-order valence-corrected chi connectivity index (χ4v) is 7.36. The first-order valence-electron chi connectivity index (χ1n) is 16.9. The molecule has 4 aromatic rings. The first-order valence-corrected chi connectivity index (χ1v) is 17.4. The number of piperazine rings is 1. The van der Waals surface area contributed by atoms with E-state index in [9.17, 15) is 24.3 Å². The zero-order chi connectivity index (χ0) is 34.8. The molecule has 3 aliphatic heterocycles. The van der Waals surface area contributed by atoms with Crippen molar-refractivity contribution in [3.8, 4) is 5.75 Å². The van der Waals surface area contributed by atoms with E-state index in [-0.39, 0.29) is 18.6 Å². The van der Waals surface area contributed by atoms with Crippen LogP contribution in [-0.2, 0) is 16.1 Å². The second-order valence-corrected chi connectivity index (χ2v) is 13.2. The highest BCUT2D eigenvalue weighted by Crippen LogP contribution is 2.36. The van der Waals surface area contributed by atoms with Crippen LogP contribution in [0.1, 0.15) is 62.2 Å². The van der Waals surface area contributed by atoms with Gasteiger partial charge in [-0.05, 0) is 82.6 Å². The van der Waals surface area contributed by atoms with Crippen molar-refractivity contribution in [3.63, 3.8) is 0 Å². The van der Waals surface area contributed by atoms with Crippen LogP contribution >= 0.6 is 11.6 Å². The lowest BCUT2D eigenvalue weighted by Crippen LogP contribution is -2.54. The number of imide groups is 2. The Morgan fingerprint density at radius 2 is 1.42 bits per heavy atom. The van der Waals surface area contributed by atoms with Gasteiger partial charge in [0.05, 0.1) is 11.1 Å². The highest BCUT2D eigenvalue weighted by molar-refractivity contribution is 6.23. The second-order valence-electron chi connectivity index (χ2n) is 12.8. The molecule has 3 heterocycles. The number of anilines is 1. The van der Waals surface area contributed by atoms with Crippen LogP contribution in [-0.4, -0.2) is 76.6 Å². The van der Waals surface area contributed by atoms with Crippen molar-refractivity contribution >= 4 is 52.1 Å². The molecule has 0 spiro atoms. The summed E-state index contributed by atoms with van der Waals surface area (Å²) in [6, 6.07) is 30.5. The van der Waals surface area contributed by atoms with Gasteiger partial charge in [0, 0.05) is 50.7 Å². The SMILES string of the molecule is O=C1CCC(N2C(=O)c3ccc(CN4CCN(c5ccc(C(=C(CCCl)c6ccccc6)c6ccc(O)cc6)cc5)CC4)cc3C2=O)C(=O)N1. The minimum atomic E-state index is -0.974. The molecule has 2 fully saturated rings. The first kappa shape index (κ1) is 33.3. The fraction of sp³-hybridized carbons (Fsp3) is 0.250. The number of fused-ring (bicyclic) bond motifs is 1. The normalized spacial score (nSPS) is 18.6. The number of alkyl halides is 1. The topological polar surface area (TPSA) is 110 Å². The molecule has 10 heteroatoms. The summed E-state index contributed by atoms with van der Waals surface area (Å²) in [5, 5.41) is 12.2. The summed E-state index contributed by atoms with van der Waals surface area (Å²) >= 11 is 6.32. The largest absolute Gasteiger partial charge is 0.508 e. The number of nitrogens with zero attached hydrogens (tertiary/aromatic N) is 3. The number of allylic oxidation sites excluding steroid dienone is 1. The van der Waals surface area contributed by atoms with Crippen LogP contribution in [0.25, 0.3) is 11.1 Å². The van der Waals surface area contributed by atoms with Crippen LogP contribution in [0.3, 0.4) is 0 Å². The van der Waals surface area contributed by atoms with E-state index in [1.807, 2.05) is 36.4 Å². The Morgan fingerprint density at radius 1 is 0.760 bits per heavy atom. The van der Waals surface area contributed by atoms with Crippen molar-refractivity contribution in [1.29, 1.82) is 0 Å². The molecule has 4 aromatic carbocycles. The van der Waals surface area contributed by atoms with Crippen LogP contribution in [0.15, 0.2) is 97.1 Å². The van der Waals surface area contributed by atoms with E-state index in [2.05, 4.69) is 51.5 Å². The van der Waals surface area contributed by atoms with E-state index in [4.69, 9.17) is 11.6 Å². The van der Waals surface area contributed by atoms with Crippen LogP contribution in [0.2, 0.25) is 0 Å². The monoisotopic (exact) mass is 688 g/mol. The van der Waals surface area contributed by atoms with Crippen molar-refractivity contribution < 1.29 is 24.3 Å². The van der Waals surface area contributed by atoms with Crippen LogP contribution < -0.4 is 10.2 Å². The number of piperidine rings is 1. The predicted octanol–water partition coefficient (Wildman–Crippen LogP) is 5.70. The summed E-state index contributed by atoms with van der Waals surface area (Å²) in [5.74, 6) is -1.29. The number of hydrogen-bond acceptors (Lipinski definition) is 7. The molecule has 0 bridgehead atoms. The third-order valence-corrected chi connectivity index (χ3v) is 9.92. The van der Waals surface area contributed by atoms with Gasteiger partial charge in [0.1, 0.15) is 11.8 Å². The molecule has 2 saturated heterocycles. The summed E-state index contributed by atoms with van der Waals surface area (Å²) in [6.07, 6.45) is 0.917. The number of nitrogens with one attached hydrogen (secondary N) is 1. The molecule has 254 valence electrons. The molecule has 0 aromatic heterocycles. The second kappa shape index (κ2) is 14.3.